The molecule has 0 radical (unpaired) electrons. The van der Waals surface area contributed by atoms with Crippen LogP contribution >= 0.6 is 0 Å². The number of hydrogen-bond acceptors (Lipinski definition) is 5. The summed E-state index contributed by atoms with van der Waals surface area (Å²) in [5.74, 6) is 0.904. The summed E-state index contributed by atoms with van der Waals surface area (Å²) in [6, 6.07) is 4.89. The van der Waals surface area contributed by atoms with Crippen molar-refractivity contribution in [3.63, 3.8) is 0 Å². The van der Waals surface area contributed by atoms with Crippen molar-refractivity contribution in [2.45, 2.75) is 36.7 Å². The number of nitrogens with one attached hydrogen (secondary N) is 2. The summed E-state index contributed by atoms with van der Waals surface area (Å²) in [6.07, 6.45) is 1.56. The van der Waals surface area contributed by atoms with Gasteiger partial charge in [-0.25, -0.2) is 13.1 Å². The number of hydrogen-bond donors (Lipinski definition) is 2. The first kappa shape index (κ1) is 16.1. The number of methoxy groups -OCH3 is 2. The van der Waals surface area contributed by atoms with Gasteiger partial charge in [-0.2, -0.15) is 0 Å². The van der Waals surface area contributed by atoms with Crippen LogP contribution in [-0.2, 0) is 10.0 Å². The normalized spacial score (nSPS) is 22.8. The molecule has 2 atom stereocenters. The second-order valence-corrected chi connectivity index (χ2v) is 6.96. The SMILES string of the molecule is COc1cc(OC)cc(S(=O)(=O)NC2CCNC(C)C2)c1. The molecule has 0 amide bonds. The molecule has 7 heteroatoms. The number of piperidine rings is 1. The molecule has 21 heavy (non-hydrogen) atoms. The third-order valence-corrected chi connectivity index (χ3v) is 5.08. The Morgan fingerprint density at radius 3 is 2.33 bits per heavy atom. The highest BCUT2D eigenvalue weighted by molar-refractivity contribution is 7.89. The molecular weight excluding hydrogens is 292 g/mol. The minimum absolute atomic E-state index is 0.0524. The third-order valence-electron chi connectivity index (χ3n) is 3.58. The second kappa shape index (κ2) is 6.64. The summed E-state index contributed by atoms with van der Waals surface area (Å²) in [5, 5.41) is 3.30. The molecule has 0 spiro atoms. The van der Waals surface area contributed by atoms with Gasteiger partial charge < -0.3 is 14.8 Å². The summed E-state index contributed by atoms with van der Waals surface area (Å²) in [5.41, 5.74) is 0. The number of benzene rings is 1. The zero-order chi connectivity index (χ0) is 15.5. The van der Waals surface area contributed by atoms with E-state index in [-0.39, 0.29) is 10.9 Å². The maximum Gasteiger partial charge on any atom is 0.241 e. The van der Waals surface area contributed by atoms with E-state index in [9.17, 15) is 8.42 Å². The molecule has 1 heterocycles. The maximum absolute atomic E-state index is 12.5. The molecule has 1 saturated heterocycles. The van der Waals surface area contributed by atoms with Crippen LogP contribution in [0.25, 0.3) is 0 Å². The van der Waals surface area contributed by atoms with Gasteiger partial charge >= 0.3 is 0 Å². The first-order chi connectivity index (χ1) is 9.94. The summed E-state index contributed by atoms with van der Waals surface area (Å²) < 4.78 is 38.0. The largest absolute Gasteiger partial charge is 0.497 e. The van der Waals surface area contributed by atoms with Crippen LogP contribution in [0.2, 0.25) is 0 Å². The molecule has 118 valence electrons. The van der Waals surface area contributed by atoms with Crippen LogP contribution in [0.15, 0.2) is 23.1 Å². The summed E-state index contributed by atoms with van der Waals surface area (Å²) in [4.78, 5) is 0.157. The van der Waals surface area contributed by atoms with Crippen LogP contribution < -0.4 is 19.5 Å². The Morgan fingerprint density at radius 1 is 1.19 bits per heavy atom. The summed E-state index contributed by atoms with van der Waals surface area (Å²) >= 11 is 0. The molecule has 1 aliphatic heterocycles. The van der Waals surface area contributed by atoms with Crippen LogP contribution in [0, 0.1) is 0 Å². The van der Waals surface area contributed by atoms with Crippen molar-refractivity contribution in [3.8, 4) is 11.5 Å². The van der Waals surface area contributed by atoms with Crippen molar-refractivity contribution in [2.24, 2.45) is 0 Å². The highest BCUT2D eigenvalue weighted by Gasteiger charge is 2.25. The molecule has 0 aliphatic carbocycles. The number of ether oxygens (including phenoxy) is 2. The first-order valence-electron chi connectivity index (χ1n) is 6.93. The standard InChI is InChI=1S/C14H22N2O4S/c1-10-6-11(4-5-15-10)16-21(17,18)14-8-12(19-2)7-13(9-14)20-3/h7-11,15-16H,4-6H2,1-3H3. The Hall–Kier alpha value is -1.31. The molecule has 2 N–H and O–H groups in total. The molecule has 6 nitrogen and oxygen atoms in total. The molecule has 1 aromatic rings. The predicted molar refractivity (Wildman–Crippen MR) is 80.4 cm³/mol. The molecular formula is C14H22N2O4S. The molecule has 0 aromatic heterocycles. The minimum Gasteiger partial charge on any atom is -0.497 e. The van der Waals surface area contributed by atoms with Gasteiger partial charge in [-0.05, 0) is 26.3 Å². The van der Waals surface area contributed by atoms with Crippen LogP contribution in [0.3, 0.4) is 0 Å². The van der Waals surface area contributed by atoms with Crippen LogP contribution in [0.4, 0.5) is 0 Å². The third kappa shape index (κ3) is 4.09. The molecule has 0 saturated carbocycles. The van der Waals surface area contributed by atoms with E-state index in [4.69, 9.17) is 9.47 Å². The van der Waals surface area contributed by atoms with E-state index < -0.39 is 10.0 Å². The van der Waals surface area contributed by atoms with Crippen LogP contribution in [-0.4, -0.2) is 41.3 Å². The van der Waals surface area contributed by atoms with Crippen molar-refractivity contribution < 1.29 is 17.9 Å². The van der Waals surface area contributed by atoms with E-state index in [1.54, 1.807) is 6.07 Å². The first-order valence-corrected chi connectivity index (χ1v) is 8.41. The molecule has 1 aromatic carbocycles. The van der Waals surface area contributed by atoms with Gasteiger partial charge in [-0.3, -0.25) is 0 Å². The number of rotatable bonds is 5. The zero-order valence-electron chi connectivity index (χ0n) is 12.5. The molecule has 1 fully saturated rings. The molecule has 0 bridgehead atoms. The fraction of sp³-hybridized carbons (Fsp3) is 0.571. The maximum atomic E-state index is 12.5. The number of sulfonamides is 1. The average molecular weight is 314 g/mol. The van der Waals surface area contributed by atoms with Gasteiger partial charge in [0, 0.05) is 30.3 Å². The van der Waals surface area contributed by atoms with Gasteiger partial charge in [-0.15, -0.1) is 0 Å². The zero-order valence-corrected chi connectivity index (χ0v) is 13.4. The average Bonchev–Trinajstić information content (AvgIpc) is 2.46. The Labute approximate surface area is 125 Å². The topological polar surface area (TPSA) is 76.7 Å². The van der Waals surface area contributed by atoms with E-state index in [1.807, 2.05) is 0 Å². The van der Waals surface area contributed by atoms with E-state index in [0.29, 0.717) is 17.5 Å². The Bertz CT molecular complexity index is 566. The van der Waals surface area contributed by atoms with Crippen molar-refractivity contribution in [2.75, 3.05) is 20.8 Å². The van der Waals surface area contributed by atoms with Crippen LogP contribution in [0.5, 0.6) is 11.5 Å². The van der Waals surface area contributed by atoms with Crippen molar-refractivity contribution in [1.29, 1.82) is 0 Å². The lowest BCUT2D eigenvalue weighted by Crippen LogP contribution is -2.46. The minimum atomic E-state index is -3.59. The quantitative estimate of drug-likeness (QED) is 0.852. The van der Waals surface area contributed by atoms with Crippen molar-refractivity contribution in [3.05, 3.63) is 18.2 Å². The van der Waals surface area contributed by atoms with Gasteiger partial charge in [0.25, 0.3) is 0 Å². The monoisotopic (exact) mass is 314 g/mol. The van der Waals surface area contributed by atoms with E-state index in [1.165, 1.54) is 26.4 Å². The van der Waals surface area contributed by atoms with Crippen molar-refractivity contribution >= 4 is 10.0 Å². The Balaban J connectivity index is 2.22. The van der Waals surface area contributed by atoms with E-state index in [2.05, 4.69) is 17.0 Å². The van der Waals surface area contributed by atoms with Gasteiger partial charge in [0.15, 0.2) is 0 Å². The van der Waals surface area contributed by atoms with E-state index >= 15 is 0 Å². The van der Waals surface area contributed by atoms with Gasteiger partial charge in [0.05, 0.1) is 19.1 Å². The lowest BCUT2D eigenvalue weighted by Gasteiger charge is -2.28. The molecule has 2 rings (SSSR count). The summed E-state index contributed by atoms with van der Waals surface area (Å²) in [6.45, 7) is 2.87. The van der Waals surface area contributed by atoms with Crippen molar-refractivity contribution in [1.82, 2.24) is 10.0 Å². The Morgan fingerprint density at radius 2 is 1.81 bits per heavy atom. The fourth-order valence-corrected chi connectivity index (χ4v) is 3.79. The van der Waals surface area contributed by atoms with Gasteiger partial charge in [0.2, 0.25) is 10.0 Å². The highest BCUT2D eigenvalue weighted by Crippen LogP contribution is 2.26. The van der Waals surface area contributed by atoms with Gasteiger partial charge in [0.1, 0.15) is 11.5 Å². The fourth-order valence-electron chi connectivity index (χ4n) is 2.46. The van der Waals surface area contributed by atoms with Gasteiger partial charge in [-0.1, -0.05) is 0 Å². The lowest BCUT2D eigenvalue weighted by atomic mass is 10.0. The molecule has 2 unspecified atom stereocenters. The predicted octanol–water partition coefficient (Wildman–Crippen LogP) is 1.12. The lowest BCUT2D eigenvalue weighted by molar-refractivity contribution is 0.361. The van der Waals surface area contributed by atoms with E-state index in [0.717, 1.165) is 19.4 Å². The molecule has 1 aliphatic rings. The highest BCUT2D eigenvalue weighted by atomic mass is 32.2. The van der Waals surface area contributed by atoms with Crippen LogP contribution in [0.1, 0.15) is 19.8 Å². The second-order valence-electron chi connectivity index (χ2n) is 5.25. The smallest absolute Gasteiger partial charge is 0.241 e. The summed E-state index contributed by atoms with van der Waals surface area (Å²) in [7, 11) is -0.600. The Kier molecular flexibility index (Phi) is 5.08.